The monoisotopic (exact) mass is 360 g/mol. The molecule has 4 aliphatic rings. The molecule has 26 heavy (non-hydrogen) atoms. The third-order valence-electron chi connectivity index (χ3n) is 9.00. The lowest BCUT2D eigenvalue weighted by Crippen LogP contribution is -2.47. The second kappa shape index (κ2) is 6.62. The van der Waals surface area contributed by atoms with Crippen LogP contribution in [0.15, 0.2) is 11.6 Å². The Morgan fingerprint density at radius 2 is 1.92 bits per heavy atom. The Hall–Kier alpha value is -0.340. The second-order valence-corrected chi connectivity index (χ2v) is 11.2. The summed E-state index contributed by atoms with van der Waals surface area (Å²) in [7, 11) is 0. The highest BCUT2D eigenvalue weighted by atomic mass is 16.3. The van der Waals surface area contributed by atoms with Gasteiger partial charge in [-0.3, -0.25) is 0 Å². The van der Waals surface area contributed by atoms with Crippen LogP contribution in [-0.2, 0) is 0 Å². The van der Waals surface area contributed by atoms with Crippen molar-refractivity contribution in [2.45, 2.75) is 97.2 Å². The molecule has 4 aliphatic carbocycles. The van der Waals surface area contributed by atoms with E-state index in [-0.39, 0.29) is 6.10 Å². The molecule has 0 aromatic carbocycles. The molecule has 0 aromatic heterocycles. The third kappa shape index (κ3) is 3.20. The van der Waals surface area contributed by atoms with E-state index in [0.717, 1.165) is 48.9 Å². The molecule has 0 aliphatic heterocycles. The first-order valence-electron chi connectivity index (χ1n) is 11.3. The van der Waals surface area contributed by atoms with Crippen LogP contribution in [-0.4, -0.2) is 21.9 Å². The first kappa shape index (κ1) is 19.0. The Morgan fingerprint density at radius 1 is 1.15 bits per heavy atom. The van der Waals surface area contributed by atoms with E-state index in [4.69, 9.17) is 0 Å². The average Bonchev–Trinajstić information content (AvgIpc) is 2.90. The molecule has 0 heterocycles. The lowest BCUT2D eigenvalue weighted by Gasteiger charge is -2.54. The van der Waals surface area contributed by atoms with Gasteiger partial charge in [-0.2, -0.15) is 0 Å². The fourth-order valence-corrected chi connectivity index (χ4v) is 8.15. The van der Waals surface area contributed by atoms with E-state index in [0.29, 0.717) is 11.3 Å². The van der Waals surface area contributed by atoms with Crippen molar-refractivity contribution in [2.75, 3.05) is 0 Å². The van der Waals surface area contributed by atoms with Gasteiger partial charge in [-0.25, -0.2) is 0 Å². The maximum atomic E-state index is 10.3. The summed E-state index contributed by atoms with van der Waals surface area (Å²) in [5.41, 5.74) is 1.53. The Balaban J connectivity index is 1.53. The highest BCUT2D eigenvalue weighted by molar-refractivity contribution is 5.20. The molecule has 8 atom stereocenters. The van der Waals surface area contributed by atoms with Gasteiger partial charge in [0.05, 0.1) is 11.7 Å². The van der Waals surface area contributed by atoms with Crippen molar-refractivity contribution in [2.24, 2.45) is 40.9 Å². The highest BCUT2D eigenvalue weighted by Crippen LogP contribution is 2.64. The fraction of sp³-hybridized carbons (Fsp3) is 0.917. The van der Waals surface area contributed by atoms with Crippen molar-refractivity contribution >= 4 is 0 Å². The van der Waals surface area contributed by atoms with Gasteiger partial charge in [-0.1, -0.05) is 25.5 Å². The zero-order chi connectivity index (χ0) is 18.7. The van der Waals surface area contributed by atoms with E-state index < -0.39 is 5.60 Å². The molecular formula is C24H40O2. The molecule has 2 heteroatoms. The van der Waals surface area contributed by atoms with Crippen LogP contribution in [0, 0.1) is 40.9 Å². The summed E-state index contributed by atoms with van der Waals surface area (Å²) >= 11 is 0. The number of allylic oxidation sites excluding steroid dienone is 1. The summed E-state index contributed by atoms with van der Waals surface area (Å²) in [4.78, 5) is 0. The summed E-state index contributed by atoms with van der Waals surface area (Å²) in [6.45, 7) is 8.93. The summed E-state index contributed by atoms with van der Waals surface area (Å²) in [5.74, 6) is 4.79. The van der Waals surface area contributed by atoms with Crippen LogP contribution in [0.1, 0.15) is 85.5 Å². The Kier molecular flexibility index (Phi) is 4.84. The second-order valence-electron chi connectivity index (χ2n) is 11.2. The molecule has 8 unspecified atom stereocenters. The van der Waals surface area contributed by atoms with Crippen molar-refractivity contribution in [3.05, 3.63) is 11.6 Å². The minimum absolute atomic E-state index is 0.0820. The number of hydrogen-bond donors (Lipinski definition) is 2. The Morgan fingerprint density at radius 3 is 2.65 bits per heavy atom. The third-order valence-corrected chi connectivity index (χ3v) is 9.00. The quantitative estimate of drug-likeness (QED) is 0.668. The van der Waals surface area contributed by atoms with Crippen LogP contribution in [0.4, 0.5) is 0 Å². The van der Waals surface area contributed by atoms with Gasteiger partial charge in [0.1, 0.15) is 0 Å². The van der Waals surface area contributed by atoms with Gasteiger partial charge in [-0.05, 0) is 113 Å². The summed E-state index contributed by atoms with van der Waals surface area (Å²) in [6, 6.07) is 0. The van der Waals surface area contributed by atoms with Gasteiger partial charge in [-0.15, -0.1) is 0 Å². The Labute approximate surface area is 160 Å². The summed E-state index contributed by atoms with van der Waals surface area (Å²) < 4.78 is 0. The van der Waals surface area contributed by atoms with Crippen LogP contribution in [0.3, 0.4) is 0 Å². The molecule has 3 saturated carbocycles. The zero-order valence-electron chi connectivity index (χ0n) is 17.4. The maximum absolute atomic E-state index is 10.3. The van der Waals surface area contributed by atoms with Gasteiger partial charge in [0.2, 0.25) is 0 Å². The van der Waals surface area contributed by atoms with Crippen molar-refractivity contribution < 1.29 is 10.2 Å². The SMILES string of the molecule is CC(CC(C)(C)O)C1CCC2C3CC=C4CC(O)CCC4C3CCC12C. The lowest BCUT2D eigenvalue weighted by atomic mass is 9.51. The predicted octanol–water partition coefficient (Wildman–Crippen LogP) is 5.33. The minimum Gasteiger partial charge on any atom is -0.393 e. The first-order valence-corrected chi connectivity index (χ1v) is 11.3. The van der Waals surface area contributed by atoms with Gasteiger partial charge in [0.15, 0.2) is 0 Å². The minimum atomic E-state index is -0.545. The molecule has 2 N–H and O–H groups in total. The van der Waals surface area contributed by atoms with Crippen LogP contribution in [0.5, 0.6) is 0 Å². The average molecular weight is 361 g/mol. The standard InChI is InChI=1S/C24H40O2/c1-15(14-23(2,3)26)21-9-10-22-20-7-5-16-13-17(25)6-8-18(16)19(20)11-12-24(21,22)4/h5,15,17-22,25-26H,6-14H2,1-4H3. The number of hydrogen-bond acceptors (Lipinski definition) is 2. The predicted molar refractivity (Wildman–Crippen MR) is 107 cm³/mol. The van der Waals surface area contributed by atoms with E-state index in [1.807, 2.05) is 13.8 Å². The molecule has 4 rings (SSSR count). The number of aliphatic hydroxyl groups is 2. The molecule has 148 valence electrons. The summed E-state index contributed by atoms with van der Waals surface area (Å²) in [6.07, 6.45) is 13.4. The molecule has 0 saturated heterocycles. The molecule has 0 radical (unpaired) electrons. The number of aliphatic hydroxyl groups excluding tert-OH is 1. The van der Waals surface area contributed by atoms with E-state index in [1.165, 1.54) is 38.5 Å². The fourth-order valence-electron chi connectivity index (χ4n) is 8.15. The van der Waals surface area contributed by atoms with Crippen LogP contribution >= 0.6 is 0 Å². The molecular weight excluding hydrogens is 320 g/mol. The Bertz CT molecular complexity index is 559. The lowest BCUT2D eigenvalue weighted by molar-refractivity contribution is -0.0395. The molecule has 3 fully saturated rings. The van der Waals surface area contributed by atoms with Crippen molar-refractivity contribution in [1.82, 2.24) is 0 Å². The molecule has 0 spiro atoms. The van der Waals surface area contributed by atoms with Crippen molar-refractivity contribution in [3.8, 4) is 0 Å². The molecule has 2 nitrogen and oxygen atoms in total. The van der Waals surface area contributed by atoms with Crippen molar-refractivity contribution in [3.63, 3.8) is 0 Å². The molecule has 0 amide bonds. The summed E-state index contributed by atoms with van der Waals surface area (Å²) in [5, 5.41) is 20.4. The van der Waals surface area contributed by atoms with Crippen LogP contribution in [0.2, 0.25) is 0 Å². The highest BCUT2D eigenvalue weighted by Gasteiger charge is 2.56. The van der Waals surface area contributed by atoms with Gasteiger partial charge < -0.3 is 10.2 Å². The van der Waals surface area contributed by atoms with Gasteiger partial charge in [0.25, 0.3) is 0 Å². The number of rotatable bonds is 3. The normalized spacial score (nSPS) is 46.8. The van der Waals surface area contributed by atoms with Crippen LogP contribution < -0.4 is 0 Å². The van der Waals surface area contributed by atoms with Gasteiger partial charge >= 0.3 is 0 Å². The molecule has 0 bridgehead atoms. The first-order chi connectivity index (χ1) is 12.2. The van der Waals surface area contributed by atoms with Gasteiger partial charge in [0, 0.05) is 0 Å². The van der Waals surface area contributed by atoms with E-state index in [9.17, 15) is 10.2 Å². The maximum Gasteiger partial charge on any atom is 0.0594 e. The molecule has 0 aromatic rings. The van der Waals surface area contributed by atoms with E-state index in [1.54, 1.807) is 5.57 Å². The van der Waals surface area contributed by atoms with E-state index in [2.05, 4.69) is 19.9 Å². The zero-order valence-corrected chi connectivity index (χ0v) is 17.4. The number of fused-ring (bicyclic) bond motifs is 5. The largest absolute Gasteiger partial charge is 0.393 e. The topological polar surface area (TPSA) is 40.5 Å². The smallest absolute Gasteiger partial charge is 0.0594 e. The van der Waals surface area contributed by atoms with Crippen LogP contribution in [0.25, 0.3) is 0 Å². The van der Waals surface area contributed by atoms with E-state index >= 15 is 0 Å². The van der Waals surface area contributed by atoms with Crippen molar-refractivity contribution in [1.29, 1.82) is 0 Å².